The Kier molecular flexibility index (Phi) is 5.81. The summed E-state index contributed by atoms with van der Waals surface area (Å²) in [6.07, 6.45) is 0. The predicted octanol–water partition coefficient (Wildman–Crippen LogP) is 6.42. The number of anilines is 1. The van der Waals surface area contributed by atoms with Gasteiger partial charge in [0, 0.05) is 21.3 Å². The molecule has 7 heteroatoms. The third kappa shape index (κ3) is 4.48. The number of hydrogen-bond donors (Lipinski definition) is 1. The highest BCUT2D eigenvalue weighted by Gasteiger charge is 2.20. The molecule has 0 aliphatic rings. The molecular formula is C24H20Cl2N4O. The van der Waals surface area contributed by atoms with Crippen LogP contribution in [0.4, 0.5) is 5.69 Å². The lowest BCUT2D eigenvalue weighted by Gasteiger charge is -2.09. The first-order valence-corrected chi connectivity index (χ1v) is 10.5. The Morgan fingerprint density at radius 3 is 2.35 bits per heavy atom. The summed E-state index contributed by atoms with van der Waals surface area (Å²) >= 11 is 12.4. The molecule has 4 rings (SSSR count). The van der Waals surface area contributed by atoms with Crippen molar-refractivity contribution in [3.05, 3.63) is 93.2 Å². The Morgan fingerprint density at radius 2 is 1.61 bits per heavy atom. The van der Waals surface area contributed by atoms with E-state index in [2.05, 4.69) is 15.4 Å². The molecule has 1 amide bonds. The quantitative estimate of drug-likeness (QED) is 0.390. The zero-order valence-corrected chi connectivity index (χ0v) is 18.8. The van der Waals surface area contributed by atoms with Gasteiger partial charge in [0.1, 0.15) is 0 Å². The normalized spacial score (nSPS) is 10.9. The standard InChI is InChI=1S/C24H20Cl2N4O/c1-14-8-10-20(11-16(14)3)27-24(31)22-28-23(17-5-4-6-18(25)12-17)30(29-22)21-13-19(26)9-7-15(21)2/h4-13H,1-3H3,(H,27,31). The first-order chi connectivity index (χ1) is 14.8. The van der Waals surface area contributed by atoms with Crippen molar-refractivity contribution < 1.29 is 4.79 Å². The first kappa shape index (κ1) is 21.1. The van der Waals surface area contributed by atoms with E-state index in [1.807, 2.05) is 63.2 Å². The summed E-state index contributed by atoms with van der Waals surface area (Å²) in [6.45, 7) is 5.97. The van der Waals surface area contributed by atoms with Gasteiger partial charge >= 0.3 is 0 Å². The minimum absolute atomic E-state index is 0.0487. The third-order valence-electron chi connectivity index (χ3n) is 5.06. The lowest BCUT2D eigenvalue weighted by Crippen LogP contribution is -2.14. The molecule has 0 bridgehead atoms. The summed E-state index contributed by atoms with van der Waals surface area (Å²) in [5.74, 6) is 0.149. The zero-order chi connectivity index (χ0) is 22.1. The molecule has 156 valence electrons. The van der Waals surface area contributed by atoms with Crippen molar-refractivity contribution in [2.24, 2.45) is 0 Å². The van der Waals surface area contributed by atoms with E-state index in [0.29, 0.717) is 21.6 Å². The van der Waals surface area contributed by atoms with Gasteiger partial charge in [-0.3, -0.25) is 4.79 Å². The summed E-state index contributed by atoms with van der Waals surface area (Å²) in [5.41, 5.74) is 5.35. The van der Waals surface area contributed by atoms with E-state index in [9.17, 15) is 4.79 Å². The summed E-state index contributed by atoms with van der Waals surface area (Å²) in [7, 11) is 0. The predicted molar refractivity (Wildman–Crippen MR) is 125 cm³/mol. The summed E-state index contributed by atoms with van der Waals surface area (Å²) < 4.78 is 1.63. The third-order valence-corrected chi connectivity index (χ3v) is 5.53. The van der Waals surface area contributed by atoms with Crippen LogP contribution in [0.5, 0.6) is 0 Å². The summed E-state index contributed by atoms with van der Waals surface area (Å²) in [4.78, 5) is 17.5. The van der Waals surface area contributed by atoms with Gasteiger partial charge in [-0.1, -0.05) is 47.5 Å². The molecule has 0 aliphatic heterocycles. The maximum absolute atomic E-state index is 13.0. The Labute approximate surface area is 190 Å². The fourth-order valence-corrected chi connectivity index (χ4v) is 3.56. The number of benzene rings is 3. The van der Waals surface area contributed by atoms with Crippen LogP contribution in [0.15, 0.2) is 60.7 Å². The first-order valence-electron chi connectivity index (χ1n) is 9.70. The van der Waals surface area contributed by atoms with Crippen molar-refractivity contribution in [1.82, 2.24) is 14.8 Å². The van der Waals surface area contributed by atoms with Crippen LogP contribution in [-0.4, -0.2) is 20.7 Å². The number of nitrogens with zero attached hydrogens (tertiary/aromatic N) is 3. The van der Waals surface area contributed by atoms with Gasteiger partial charge in [-0.2, -0.15) is 0 Å². The van der Waals surface area contributed by atoms with E-state index in [0.717, 1.165) is 27.9 Å². The molecule has 0 radical (unpaired) electrons. The minimum Gasteiger partial charge on any atom is -0.319 e. The smallest absolute Gasteiger partial charge is 0.295 e. The number of carbonyl (C=O) groups is 1. The van der Waals surface area contributed by atoms with Crippen LogP contribution < -0.4 is 5.32 Å². The Morgan fingerprint density at radius 1 is 0.871 bits per heavy atom. The average molecular weight is 451 g/mol. The molecule has 0 saturated heterocycles. The zero-order valence-electron chi connectivity index (χ0n) is 17.3. The molecular weight excluding hydrogens is 431 g/mol. The molecule has 31 heavy (non-hydrogen) atoms. The SMILES string of the molecule is Cc1ccc(NC(=O)c2nc(-c3cccc(Cl)c3)n(-c3cc(Cl)ccc3C)n2)cc1C. The molecule has 0 spiro atoms. The topological polar surface area (TPSA) is 59.8 Å². The Bertz CT molecular complexity index is 1300. The highest BCUT2D eigenvalue weighted by atomic mass is 35.5. The van der Waals surface area contributed by atoms with E-state index in [-0.39, 0.29) is 5.82 Å². The van der Waals surface area contributed by atoms with Crippen molar-refractivity contribution in [2.75, 3.05) is 5.32 Å². The van der Waals surface area contributed by atoms with Crippen molar-refractivity contribution >= 4 is 34.8 Å². The van der Waals surface area contributed by atoms with Gasteiger partial charge < -0.3 is 5.32 Å². The Balaban J connectivity index is 1.80. The molecule has 0 unspecified atom stereocenters. The van der Waals surface area contributed by atoms with Crippen LogP contribution in [0.2, 0.25) is 10.0 Å². The maximum atomic E-state index is 13.0. The van der Waals surface area contributed by atoms with Gasteiger partial charge in [0.05, 0.1) is 5.69 Å². The van der Waals surface area contributed by atoms with E-state index >= 15 is 0 Å². The molecule has 0 aliphatic carbocycles. The van der Waals surface area contributed by atoms with Crippen LogP contribution in [0, 0.1) is 20.8 Å². The molecule has 3 aromatic carbocycles. The molecule has 1 heterocycles. The number of aryl methyl sites for hydroxylation is 3. The largest absolute Gasteiger partial charge is 0.319 e. The van der Waals surface area contributed by atoms with Gasteiger partial charge in [0.25, 0.3) is 5.91 Å². The van der Waals surface area contributed by atoms with Crippen LogP contribution in [0.1, 0.15) is 27.3 Å². The van der Waals surface area contributed by atoms with E-state index in [1.54, 1.807) is 22.9 Å². The number of nitrogens with one attached hydrogen (secondary N) is 1. The van der Waals surface area contributed by atoms with E-state index in [4.69, 9.17) is 23.2 Å². The second kappa shape index (κ2) is 8.53. The van der Waals surface area contributed by atoms with E-state index in [1.165, 1.54) is 0 Å². The molecule has 0 atom stereocenters. The summed E-state index contributed by atoms with van der Waals surface area (Å²) in [6, 6.07) is 18.5. The molecule has 1 N–H and O–H groups in total. The fourth-order valence-electron chi connectivity index (χ4n) is 3.21. The number of aromatic nitrogens is 3. The molecule has 0 saturated carbocycles. The van der Waals surface area contributed by atoms with Gasteiger partial charge in [-0.05, 0) is 73.9 Å². The van der Waals surface area contributed by atoms with E-state index < -0.39 is 5.91 Å². The van der Waals surface area contributed by atoms with Crippen LogP contribution in [-0.2, 0) is 0 Å². The maximum Gasteiger partial charge on any atom is 0.295 e. The van der Waals surface area contributed by atoms with Crippen LogP contribution in [0.25, 0.3) is 17.1 Å². The highest BCUT2D eigenvalue weighted by molar-refractivity contribution is 6.31. The van der Waals surface area contributed by atoms with Crippen molar-refractivity contribution in [2.45, 2.75) is 20.8 Å². The highest BCUT2D eigenvalue weighted by Crippen LogP contribution is 2.27. The lowest BCUT2D eigenvalue weighted by atomic mass is 10.1. The molecule has 1 aromatic heterocycles. The van der Waals surface area contributed by atoms with Crippen molar-refractivity contribution in [1.29, 1.82) is 0 Å². The van der Waals surface area contributed by atoms with Crippen LogP contribution in [0.3, 0.4) is 0 Å². The van der Waals surface area contributed by atoms with Crippen molar-refractivity contribution in [3.63, 3.8) is 0 Å². The second-order valence-electron chi connectivity index (χ2n) is 7.37. The second-order valence-corrected chi connectivity index (χ2v) is 8.24. The van der Waals surface area contributed by atoms with Gasteiger partial charge in [0.15, 0.2) is 5.82 Å². The molecule has 0 fully saturated rings. The van der Waals surface area contributed by atoms with Gasteiger partial charge in [-0.25, -0.2) is 9.67 Å². The van der Waals surface area contributed by atoms with Gasteiger partial charge in [-0.15, -0.1) is 5.10 Å². The number of carbonyl (C=O) groups excluding carboxylic acids is 1. The average Bonchev–Trinajstić information content (AvgIpc) is 3.18. The lowest BCUT2D eigenvalue weighted by molar-refractivity contribution is 0.101. The minimum atomic E-state index is -0.398. The number of amides is 1. The number of rotatable bonds is 4. The van der Waals surface area contributed by atoms with Gasteiger partial charge in [0.2, 0.25) is 5.82 Å². The monoisotopic (exact) mass is 450 g/mol. The summed E-state index contributed by atoms with van der Waals surface area (Å²) in [5, 5.41) is 8.52. The number of halogens is 2. The molecule has 5 nitrogen and oxygen atoms in total. The van der Waals surface area contributed by atoms with Crippen molar-refractivity contribution in [3.8, 4) is 17.1 Å². The fraction of sp³-hybridized carbons (Fsp3) is 0.125. The Hall–Kier alpha value is -3.15. The number of hydrogen-bond acceptors (Lipinski definition) is 3. The molecule has 4 aromatic rings. The van der Waals surface area contributed by atoms with Crippen LogP contribution >= 0.6 is 23.2 Å².